The Morgan fingerprint density at radius 2 is 1.61 bits per heavy atom. The molecule has 4 rings (SSSR count). The highest BCUT2D eigenvalue weighted by Gasteiger charge is 2.38. The number of halogens is 1. The summed E-state index contributed by atoms with van der Waals surface area (Å²) < 4.78 is 26.7. The summed E-state index contributed by atoms with van der Waals surface area (Å²) in [5, 5.41) is 3.30. The number of rotatable bonds is 5. The van der Waals surface area contributed by atoms with E-state index in [1.54, 1.807) is 58.0 Å². The van der Waals surface area contributed by atoms with Crippen molar-refractivity contribution in [1.29, 1.82) is 0 Å². The molecule has 10 heteroatoms. The number of amides is 3. The van der Waals surface area contributed by atoms with E-state index in [1.807, 2.05) is 0 Å². The molecule has 1 saturated carbocycles. The van der Waals surface area contributed by atoms with Gasteiger partial charge in [-0.05, 0) is 95.3 Å². The van der Waals surface area contributed by atoms with Gasteiger partial charge >= 0.3 is 0 Å². The second kappa shape index (κ2) is 9.61. The van der Waals surface area contributed by atoms with Gasteiger partial charge in [0.15, 0.2) is 0 Å². The molecule has 3 amide bonds. The van der Waals surface area contributed by atoms with Gasteiger partial charge in [0.2, 0.25) is 15.9 Å². The van der Waals surface area contributed by atoms with E-state index in [2.05, 4.69) is 10.0 Å². The molecular formula is C26H30ClN3O5S. The maximum Gasteiger partial charge on any atom is 0.266 e. The SMILES string of the molecule is Cc1cc(NC(=O)C2CCC(NS(=O)(=O)C(C)(C)C)CC2)ccc1N1C(=O)c2ccc(Cl)cc2C1=O. The van der Waals surface area contributed by atoms with Gasteiger partial charge in [-0.25, -0.2) is 18.0 Å². The zero-order valence-electron chi connectivity index (χ0n) is 20.7. The number of carbonyl (C=O) groups excluding carboxylic acids is 3. The molecule has 36 heavy (non-hydrogen) atoms. The largest absolute Gasteiger partial charge is 0.326 e. The molecule has 0 bridgehead atoms. The van der Waals surface area contributed by atoms with Crippen molar-refractivity contribution in [2.75, 3.05) is 10.2 Å². The topological polar surface area (TPSA) is 113 Å². The van der Waals surface area contributed by atoms with E-state index in [0.717, 1.165) is 4.90 Å². The van der Waals surface area contributed by atoms with Crippen LogP contribution in [0.5, 0.6) is 0 Å². The molecule has 0 aromatic heterocycles. The minimum atomic E-state index is -3.44. The molecule has 1 fully saturated rings. The van der Waals surface area contributed by atoms with Gasteiger partial charge in [-0.15, -0.1) is 0 Å². The number of sulfonamides is 1. The Hall–Kier alpha value is -2.75. The third kappa shape index (κ3) is 5.05. The lowest BCUT2D eigenvalue weighted by atomic mass is 9.86. The standard InChI is InChI=1S/C26H30ClN3O5S/c1-15-13-19(10-12-22(15)30-24(32)20-11-7-17(27)14-21(20)25(30)33)28-23(31)16-5-8-18(9-6-16)29-36(34,35)26(2,3)4/h7,10-14,16,18,29H,5-6,8-9H2,1-4H3,(H,28,31). The van der Waals surface area contributed by atoms with Crippen molar-refractivity contribution in [3.63, 3.8) is 0 Å². The van der Waals surface area contributed by atoms with Crippen molar-refractivity contribution in [1.82, 2.24) is 4.72 Å². The van der Waals surface area contributed by atoms with Crippen molar-refractivity contribution >= 4 is 50.7 Å². The van der Waals surface area contributed by atoms with Crippen molar-refractivity contribution in [2.45, 2.75) is 64.2 Å². The van der Waals surface area contributed by atoms with E-state index < -0.39 is 26.6 Å². The van der Waals surface area contributed by atoms with Gasteiger partial charge in [-0.3, -0.25) is 14.4 Å². The Balaban J connectivity index is 1.39. The number of nitrogens with zero attached hydrogens (tertiary/aromatic N) is 1. The van der Waals surface area contributed by atoms with E-state index in [4.69, 9.17) is 11.6 Å². The lowest BCUT2D eigenvalue weighted by molar-refractivity contribution is -0.120. The quantitative estimate of drug-likeness (QED) is 0.545. The van der Waals surface area contributed by atoms with Crippen LogP contribution in [0.4, 0.5) is 11.4 Å². The molecule has 0 unspecified atom stereocenters. The summed E-state index contributed by atoms with van der Waals surface area (Å²) in [5.41, 5.74) is 2.25. The van der Waals surface area contributed by atoms with Crippen LogP contribution in [0.3, 0.4) is 0 Å². The number of anilines is 2. The fraction of sp³-hybridized carbons (Fsp3) is 0.423. The maximum atomic E-state index is 12.9. The van der Waals surface area contributed by atoms with Gasteiger partial charge in [0.05, 0.1) is 21.6 Å². The van der Waals surface area contributed by atoms with Crippen LogP contribution in [-0.2, 0) is 14.8 Å². The Kier molecular flexibility index (Phi) is 7.02. The first-order valence-electron chi connectivity index (χ1n) is 11.9. The molecule has 2 aliphatic rings. The molecule has 0 saturated heterocycles. The molecule has 0 radical (unpaired) electrons. The van der Waals surface area contributed by atoms with Gasteiger partial charge in [-0.2, -0.15) is 0 Å². The average molecular weight is 532 g/mol. The van der Waals surface area contributed by atoms with E-state index in [9.17, 15) is 22.8 Å². The van der Waals surface area contributed by atoms with Crippen LogP contribution in [0.1, 0.15) is 72.7 Å². The van der Waals surface area contributed by atoms with Crippen molar-refractivity contribution in [3.8, 4) is 0 Å². The summed E-state index contributed by atoms with van der Waals surface area (Å²) >= 11 is 6.00. The predicted molar refractivity (Wildman–Crippen MR) is 140 cm³/mol. The van der Waals surface area contributed by atoms with Crippen molar-refractivity contribution in [2.24, 2.45) is 5.92 Å². The molecule has 1 aliphatic heterocycles. The lowest BCUT2D eigenvalue weighted by Crippen LogP contribution is -2.46. The molecule has 1 aliphatic carbocycles. The minimum Gasteiger partial charge on any atom is -0.326 e. The Morgan fingerprint density at radius 3 is 2.22 bits per heavy atom. The van der Waals surface area contributed by atoms with Crippen LogP contribution in [0.15, 0.2) is 36.4 Å². The van der Waals surface area contributed by atoms with Crippen LogP contribution < -0.4 is 14.9 Å². The molecule has 1 heterocycles. The highest BCUT2D eigenvalue weighted by Crippen LogP contribution is 2.34. The molecule has 2 N–H and O–H groups in total. The summed E-state index contributed by atoms with van der Waals surface area (Å²) in [6.07, 6.45) is 2.35. The molecule has 2 aromatic rings. The van der Waals surface area contributed by atoms with Gasteiger partial charge in [-0.1, -0.05) is 11.6 Å². The number of nitrogens with one attached hydrogen (secondary N) is 2. The van der Waals surface area contributed by atoms with E-state index in [1.165, 1.54) is 6.07 Å². The first-order valence-corrected chi connectivity index (χ1v) is 13.8. The van der Waals surface area contributed by atoms with E-state index >= 15 is 0 Å². The first-order chi connectivity index (χ1) is 16.8. The summed E-state index contributed by atoms with van der Waals surface area (Å²) in [5.74, 6) is -1.20. The number of hydrogen-bond acceptors (Lipinski definition) is 5. The smallest absolute Gasteiger partial charge is 0.266 e. The normalized spacial score (nSPS) is 20.4. The molecule has 8 nitrogen and oxygen atoms in total. The van der Waals surface area contributed by atoms with E-state index in [-0.39, 0.29) is 23.4 Å². The number of aryl methyl sites for hydroxylation is 1. The van der Waals surface area contributed by atoms with Crippen molar-refractivity contribution in [3.05, 3.63) is 58.1 Å². The third-order valence-corrected chi connectivity index (χ3v) is 9.27. The zero-order chi connectivity index (χ0) is 26.4. The third-order valence-electron chi connectivity index (χ3n) is 6.78. The van der Waals surface area contributed by atoms with E-state index in [0.29, 0.717) is 53.2 Å². The van der Waals surface area contributed by atoms with Crippen LogP contribution in [0.2, 0.25) is 5.02 Å². The number of benzene rings is 2. The number of imide groups is 1. The lowest BCUT2D eigenvalue weighted by Gasteiger charge is -2.30. The summed E-state index contributed by atoms with van der Waals surface area (Å²) in [7, 11) is -3.44. The number of hydrogen-bond donors (Lipinski definition) is 2. The molecule has 192 valence electrons. The highest BCUT2D eigenvalue weighted by atomic mass is 35.5. The average Bonchev–Trinajstić information content (AvgIpc) is 3.03. The van der Waals surface area contributed by atoms with Crippen LogP contribution in [0, 0.1) is 12.8 Å². The Labute approximate surface area is 216 Å². The second-order valence-corrected chi connectivity index (χ2v) is 13.3. The van der Waals surface area contributed by atoms with Crippen LogP contribution in [0.25, 0.3) is 0 Å². The van der Waals surface area contributed by atoms with Gasteiger partial charge in [0.25, 0.3) is 11.8 Å². The predicted octanol–water partition coefficient (Wildman–Crippen LogP) is 4.66. The monoisotopic (exact) mass is 531 g/mol. The Bertz CT molecular complexity index is 1340. The van der Waals surface area contributed by atoms with Gasteiger partial charge in [0, 0.05) is 22.7 Å². The molecule has 0 atom stereocenters. The highest BCUT2D eigenvalue weighted by molar-refractivity contribution is 7.90. The van der Waals surface area contributed by atoms with Crippen molar-refractivity contribution < 1.29 is 22.8 Å². The van der Waals surface area contributed by atoms with Gasteiger partial charge in [0.1, 0.15) is 0 Å². The Morgan fingerprint density at radius 1 is 0.972 bits per heavy atom. The number of carbonyl (C=O) groups is 3. The summed E-state index contributed by atoms with van der Waals surface area (Å²) in [6, 6.07) is 9.48. The summed E-state index contributed by atoms with van der Waals surface area (Å²) in [6.45, 7) is 6.75. The fourth-order valence-corrected chi connectivity index (χ4v) is 5.73. The number of fused-ring (bicyclic) bond motifs is 1. The first kappa shape index (κ1) is 26.3. The van der Waals surface area contributed by atoms with Crippen LogP contribution in [-0.4, -0.2) is 36.9 Å². The summed E-state index contributed by atoms with van der Waals surface area (Å²) in [4.78, 5) is 39.7. The second-order valence-electron chi connectivity index (χ2n) is 10.4. The fourth-order valence-electron chi connectivity index (χ4n) is 4.53. The minimum absolute atomic E-state index is 0.130. The molecule has 0 spiro atoms. The maximum absolute atomic E-state index is 12.9. The van der Waals surface area contributed by atoms with Gasteiger partial charge < -0.3 is 5.32 Å². The zero-order valence-corrected chi connectivity index (χ0v) is 22.3. The van der Waals surface area contributed by atoms with Crippen LogP contribution >= 0.6 is 11.6 Å². The molecule has 2 aromatic carbocycles. The molecular weight excluding hydrogens is 502 g/mol.